The van der Waals surface area contributed by atoms with Crippen molar-refractivity contribution in [2.24, 2.45) is 0 Å². The van der Waals surface area contributed by atoms with Crippen LogP contribution in [0.5, 0.6) is 0 Å². The van der Waals surface area contributed by atoms with Crippen LogP contribution in [-0.2, 0) is 0 Å². The predicted octanol–water partition coefficient (Wildman–Crippen LogP) is 2.44. The van der Waals surface area contributed by atoms with E-state index in [-0.39, 0.29) is 17.9 Å². The van der Waals surface area contributed by atoms with Crippen molar-refractivity contribution in [2.75, 3.05) is 6.54 Å². The molecule has 2 rings (SSSR count). The second-order valence-electron chi connectivity index (χ2n) is 4.00. The second-order valence-corrected chi connectivity index (χ2v) is 4.00. The molecule has 1 aliphatic heterocycles. The maximum absolute atomic E-state index is 13.0. The van der Waals surface area contributed by atoms with Crippen LogP contribution in [0.15, 0.2) is 0 Å². The zero-order valence-electron chi connectivity index (χ0n) is 7.31. The zero-order valence-corrected chi connectivity index (χ0v) is 8.13. The maximum Gasteiger partial charge on any atom is 0.103 e. The quantitative estimate of drug-likeness (QED) is 0.623. The Kier molecular flexibility index (Phi) is 3.36. The fraction of sp³-hybridized carbons (Fsp3) is 1.00. The van der Waals surface area contributed by atoms with Crippen LogP contribution in [-0.4, -0.2) is 18.3 Å². The van der Waals surface area contributed by atoms with E-state index in [0.717, 1.165) is 19.4 Å². The molecule has 72 valence electrons. The minimum Gasteiger partial charge on any atom is -0.311 e. The van der Waals surface area contributed by atoms with Gasteiger partial charge in [0, 0.05) is 5.54 Å². The summed E-state index contributed by atoms with van der Waals surface area (Å²) in [6.07, 6.45) is 5.95. The van der Waals surface area contributed by atoms with Crippen molar-refractivity contribution in [3.63, 3.8) is 0 Å². The van der Waals surface area contributed by atoms with Crippen molar-refractivity contribution >= 4 is 12.4 Å². The third-order valence-electron chi connectivity index (χ3n) is 3.13. The Balaban J connectivity index is 0.000000720. The first-order valence-electron chi connectivity index (χ1n) is 4.70. The Morgan fingerprint density at radius 1 is 1.25 bits per heavy atom. The van der Waals surface area contributed by atoms with E-state index in [0.29, 0.717) is 0 Å². The first-order valence-corrected chi connectivity index (χ1v) is 4.70. The molecule has 1 nitrogen and oxygen atoms in total. The number of nitrogens with one attached hydrogen (secondary N) is 1. The Hall–Kier alpha value is 0.180. The number of halogens is 2. The molecule has 1 unspecified atom stereocenters. The van der Waals surface area contributed by atoms with Crippen LogP contribution < -0.4 is 5.32 Å². The molecule has 1 N–H and O–H groups in total. The van der Waals surface area contributed by atoms with E-state index in [1.165, 1.54) is 25.7 Å². The second kappa shape index (κ2) is 3.93. The highest BCUT2D eigenvalue weighted by Gasteiger charge is 2.38. The Morgan fingerprint density at radius 2 is 1.92 bits per heavy atom. The fourth-order valence-corrected chi connectivity index (χ4v) is 2.52. The van der Waals surface area contributed by atoms with Crippen LogP contribution in [0.2, 0.25) is 0 Å². The summed E-state index contributed by atoms with van der Waals surface area (Å²) < 4.78 is 13.0. The molecule has 3 heteroatoms. The van der Waals surface area contributed by atoms with Crippen LogP contribution in [0.4, 0.5) is 4.39 Å². The van der Waals surface area contributed by atoms with Gasteiger partial charge in [-0.05, 0) is 32.2 Å². The summed E-state index contributed by atoms with van der Waals surface area (Å²) in [6.45, 7) is 0.890. The normalized spacial score (nSPS) is 33.2. The molecule has 0 bridgehead atoms. The molecule has 12 heavy (non-hydrogen) atoms. The highest BCUT2D eigenvalue weighted by atomic mass is 35.5. The molecule has 0 aromatic rings. The summed E-state index contributed by atoms with van der Waals surface area (Å²) in [5.41, 5.74) is 0.220. The van der Waals surface area contributed by atoms with E-state index in [4.69, 9.17) is 0 Å². The van der Waals surface area contributed by atoms with Crippen molar-refractivity contribution < 1.29 is 4.39 Å². The van der Waals surface area contributed by atoms with Crippen LogP contribution >= 0.6 is 12.4 Å². The zero-order chi connectivity index (χ0) is 7.73. The molecular formula is C9H17ClFN. The van der Waals surface area contributed by atoms with E-state index in [1.807, 2.05) is 0 Å². The number of hydrogen-bond donors (Lipinski definition) is 1. The van der Waals surface area contributed by atoms with Gasteiger partial charge in [-0.2, -0.15) is 0 Å². The Morgan fingerprint density at radius 3 is 2.50 bits per heavy atom. The Labute approximate surface area is 79.5 Å². The van der Waals surface area contributed by atoms with Gasteiger partial charge in [0.2, 0.25) is 0 Å². The molecule has 1 saturated carbocycles. The lowest BCUT2D eigenvalue weighted by Gasteiger charge is -2.36. The third-order valence-corrected chi connectivity index (χ3v) is 3.13. The monoisotopic (exact) mass is 193 g/mol. The van der Waals surface area contributed by atoms with Crippen molar-refractivity contribution in [3.8, 4) is 0 Å². The van der Waals surface area contributed by atoms with Gasteiger partial charge in [0.05, 0.1) is 0 Å². The van der Waals surface area contributed by atoms with Crippen molar-refractivity contribution in [3.05, 3.63) is 0 Å². The van der Waals surface area contributed by atoms with Gasteiger partial charge in [-0.15, -0.1) is 12.4 Å². The molecule has 2 fully saturated rings. The highest BCUT2D eigenvalue weighted by Crippen LogP contribution is 2.36. The van der Waals surface area contributed by atoms with Gasteiger partial charge >= 0.3 is 0 Å². The van der Waals surface area contributed by atoms with Gasteiger partial charge in [0.1, 0.15) is 6.17 Å². The summed E-state index contributed by atoms with van der Waals surface area (Å²) in [7, 11) is 0. The van der Waals surface area contributed by atoms with E-state index >= 15 is 0 Å². The van der Waals surface area contributed by atoms with E-state index in [1.54, 1.807) is 0 Å². The number of alkyl halides is 1. The summed E-state index contributed by atoms with van der Waals surface area (Å²) in [5, 5.41) is 3.48. The summed E-state index contributed by atoms with van der Waals surface area (Å²) in [6, 6.07) is 0. The average molecular weight is 194 g/mol. The molecule has 1 spiro atoms. The number of hydrogen-bond acceptors (Lipinski definition) is 1. The van der Waals surface area contributed by atoms with Gasteiger partial charge in [-0.3, -0.25) is 0 Å². The van der Waals surface area contributed by atoms with Crippen LogP contribution in [0.25, 0.3) is 0 Å². The van der Waals surface area contributed by atoms with Gasteiger partial charge < -0.3 is 5.32 Å². The van der Waals surface area contributed by atoms with Gasteiger partial charge in [0.15, 0.2) is 0 Å². The van der Waals surface area contributed by atoms with Crippen LogP contribution in [0.1, 0.15) is 38.5 Å². The molecule has 0 amide bonds. The van der Waals surface area contributed by atoms with Crippen LogP contribution in [0, 0.1) is 0 Å². The molecule has 0 radical (unpaired) electrons. The topological polar surface area (TPSA) is 12.0 Å². The van der Waals surface area contributed by atoms with Gasteiger partial charge in [0.25, 0.3) is 0 Å². The van der Waals surface area contributed by atoms with E-state index in [9.17, 15) is 4.39 Å². The van der Waals surface area contributed by atoms with Crippen molar-refractivity contribution in [1.82, 2.24) is 5.32 Å². The summed E-state index contributed by atoms with van der Waals surface area (Å²) in [4.78, 5) is 0. The fourth-order valence-electron chi connectivity index (χ4n) is 2.52. The standard InChI is InChI=1S/C9H16FN.ClH/c10-8-3-6-11-9(7-8)4-1-2-5-9;/h8,11H,1-7H2;1H. The lowest BCUT2D eigenvalue weighted by molar-refractivity contribution is 0.156. The summed E-state index contributed by atoms with van der Waals surface area (Å²) >= 11 is 0. The van der Waals surface area contributed by atoms with Gasteiger partial charge in [-0.25, -0.2) is 4.39 Å². The molecule has 0 aromatic heterocycles. The minimum absolute atomic E-state index is 0. The van der Waals surface area contributed by atoms with Gasteiger partial charge in [-0.1, -0.05) is 12.8 Å². The molecule has 1 atom stereocenters. The first kappa shape index (κ1) is 10.3. The Bertz CT molecular complexity index is 145. The molecule has 1 heterocycles. The molecule has 0 aromatic carbocycles. The number of piperidine rings is 1. The van der Waals surface area contributed by atoms with E-state index in [2.05, 4.69) is 5.32 Å². The SMILES string of the molecule is Cl.FC1CCNC2(CCCC2)C1. The van der Waals surface area contributed by atoms with Crippen LogP contribution in [0.3, 0.4) is 0 Å². The lowest BCUT2D eigenvalue weighted by atomic mass is 9.86. The smallest absolute Gasteiger partial charge is 0.103 e. The third kappa shape index (κ3) is 1.91. The first-order chi connectivity index (χ1) is 5.31. The largest absolute Gasteiger partial charge is 0.311 e. The summed E-state index contributed by atoms with van der Waals surface area (Å²) in [5.74, 6) is 0. The molecule has 1 aliphatic carbocycles. The van der Waals surface area contributed by atoms with Crippen molar-refractivity contribution in [1.29, 1.82) is 0 Å². The molecule has 1 saturated heterocycles. The lowest BCUT2D eigenvalue weighted by Crippen LogP contribution is -2.49. The number of rotatable bonds is 0. The molecule has 2 aliphatic rings. The average Bonchev–Trinajstić information content (AvgIpc) is 2.37. The van der Waals surface area contributed by atoms with E-state index < -0.39 is 6.17 Å². The predicted molar refractivity (Wildman–Crippen MR) is 50.6 cm³/mol. The maximum atomic E-state index is 13.0. The molecular weight excluding hydrogens is 177 g/mol. The highest BCUT2D eigenvalue weighted by molar-refractivity contribution is 5.85. The van der Waals surface area contributed by atoms with Crippen molar-refractivity contribution in [2.45, 2.75) is 50.2 Å². The minimum atomic E-state index is -0.533.